The Morgan fingerprint density at radius 1 is 0.957 bits per heavy atom. The van der Waals surface area contributed by atoms with Crippen LogP contribution in [0.2, 0.25) is 0 Å². The normalized spacial score (nSPS) is 18.2. The molecule has 1 fully saturated rings. The molecule has 0 atom stereocenters. The SMILES string of the molecule is Cc1cc(C)c(-n2ccn(C3CCCCCC3)[c]2=[Ir][Cl])c(C)c1. The Morgan fingerprint density at radius 3 is 2.13 bits per heavy atom. The van der Waals surface area contributed by atoms with Crippen LogP contribution in [-0.4, -0.2) is 9.13 Å². The summed E-state index contributed by atoms with van der Waals surface area (Å²) >= 11 is -0.636. The van der Waals surface area contributed by atoms with E-state index in [2.05, 4.69) is 54.4 Å². The van der Waals surface area contributed by atoms with Crippen LogP contribution in [0.4, 0.5) is 0 Å². The molecule has 23 heavy (non-hydrogen) atoms. The van der Waals surface area contributed by atoms with E-state index in [0.29, 0.717) is 6.04 Å². The molecule has 0 unspecified atom stereocenters. The van der Waals surface area contributed by atoms with Crippen LogP contribution in [0, 0.1) is 24.7 Å². The fourth-order valence-corrected chi connectivity index (χ4v) is 6.50. The van der Waals surface area contributed by atoms with Gasteiger partial charge in [0.25, 0.3) is 0 Å². The van der Waals surface area contributed by atoms with Crippen LogP contribution in [0.3, 0.4) is 0 Å². The van der Waals surface area contributed by atoms with Gasteiger partial charge in [-0.15, -0.1) is 0 Å². The number of nitrogens with zero attached hydrogens (tertiary/aromatic N) is 2. The van der Waals surface area contributed by atoms with Gasteiger partial charge < -0.3 is 0 Å². The van der Waals surface area contributed by atoms with E-state index in [0.717, 1.165) is 0 Å². The van der Waals surface area contributed by atoms with Crippen molar-refractivity contribution in [2.75, 3.05) is 0 Å². The quantitative estimate of drug-likeness (QED) is 0.448. The van der Waals surface area contributed by atoms with Crippen LogP contribution in [0.5, 0.6) is 0 Å². The fourth-order valence-electron chi connectivity index (χ4n) is 3.96. The Morgan fingerprint density at radius 2 is 1.57 bits per heavy atom. The summed E-state index contributed by atoms with van der Waals surface area (Å²) < 4.78 is 6.20. The molecule has 1 aromatic heterocycles. The molecule has 3 rings (SSSR count). The maximum atomic E-state index is 6.51. The topological polar surface area (TPSA) is 9.86 Å². The molecule has 0 bridgehead atoms. The van der Waals surface area contributed by atoms with E-state index in [4.69, 9.17) is 9.58 Å². The minimum absolute atomic E-state index is 0.636. The van der Waals surface area contributed by atoms with Gasteiger partial charge in [0.15, 0.2) is 0 Å². The van der Waals surface area contributed by atoms with Gasteiger partial charge in [0.05, 0.1) is 0 Å². The van der Waals surface area contributed by atoms with E-state index in [1.165, 1.54) is 64.8 Å². The molecule has 1 aliphatic rings. The molecule has 0 radical (unpaired) electrons. The molecule has 4 heteroatoms. The van der Waals surface area contributed by atoms with Gasteiger partial charge in [-0.25, -0.2) is 0 Å². The molecule has 128 valence electrons. The molecule has 2 nitrogen and oxygen atoms in total. The Hall–Kier alpha value is -0.631. The van der Waals surface area contributed by atoms with Gasteiger partial charge >= 0.3 is 151 Å². The number of aromatic nitrogens is 2. The van der Waals surface area contributed by atoms with Crippen LogP contribution in [-0.2, 0) is 16.2 Å². The predicted molar refractivity (Wildman–Crippen MR) is 93.8 cm³/mol. The van der Waals surface area contributed by atoms with Crippen molar-refractivity contribution < 1.29 is 16.2 Å². The second kappa shape index (κ2) is 7.51. The van der Waals surface area contributed by atoms with Gasteiger partial charge in [0.2, 0.25) is 0 Å². The summed E-state index contributed by atoms with van der Waals surface area (Å²) in [7, 11) is 6.51. The van der Waals surface area contributed by atoms with Gasteiger partial charge in [-0.2, -0.15) is 0 Å². The molecule has 0 saturated heterocycles. The van der Waals surface area contributed by atoms with Crippen molar-refractivity contribution in [3.8, 4) is 5.69 Å². The number of aryl methyl sites for hydroxylation is 3. The molecule has 1 saturated carbocycles. The summed E-state index contributed by atoms with van der Waals surface area (Å²) in [5.41, 5.74) is 5.33. The van der Waals surface area contributed by atoms with Crippen LogP contribution in [0.1, 0.15) is 61.3 Å². The van der Waals surface area contributed by atoms with E-state index in [-0.39, 0.29) is 0 Å². The van der Waals surface area contributed by atoms with Crippen molar-refractivity contribution >= 4 is 9.58 Å². The average molecular weight is 510 g/mol. The van der Waals surface area contributed by atoms with Gasteiger partial charge in [-0.05, 0) is 0 Å². The summed E-state index contributed by atoms with van der Waals surface area (Å²) in [6.07, 6.45) is 12.6. The Balaban J connectivity index is 2.09. The van der Waals surface area contributed by atoms with Gasteiger partial charge in [0.1, 0.15) is 0 Å². The number of halogens is 1. The summed E-state index contributed by atoms with van der Waals surface area (Å²) in [6, 6.07) is 5.19. The Bertz CT molecular complexity index is 726. The standard InChI is InChI=1S/C19H26N2.ClH.Ir/c1-15-12-16(2)19(17(3)13-15)21-11-10-20(14-21)18-8-6-4-5-7-9-18;;/h10-13,18H,4-9H2,1-3H3;1H;/q;;+1/p-1. The van der Waals surface area contributed by atoms with E-state index >= 15 is 0 Å². The number of hydrogen-bond acceptors (Lipinski definition) is 0. The number of benzene rings is 1. The molecule has 1 aromatic carbocycles. The first-order valence-corrected chi connectivity index (χ1v) is 12.7. The third-order valence-corrected chi connectivity index (χ3v) is 7.44. The molecule has 1 aliphatic carbocycles. The van der Waals surface area contributed by atoms with Crippen molar-refractivity contribution in [3.05, 3.63) is 45.1 Å². The van der Waals surface area contributed by atoms with Gasteiger partial charge in [-0.1, -0.05) is 0 Å². The predicted octanol–water partition coefficient (Wildman–Crippen LogP) is 5.87. The summed E-state index contributed by atoms with van der Waals surface area (Å²) in [5, 5.41) is 0. The summed E-state index contributed by atoms with van der Waals surface area (Å²) in [5.74, 6) is 0. The number of hydrogen-bond donors (Lipinski definition) is 0. The molecule has 0 amide bonds. The molecule has 0 N–H and O–H groups in total. The second-order valence-electron chi connectivity index (χ2n) is 6.78. The summed E-state index contributed by atoms with van der Waals surface area (Å²) in [4.78, 5) is 0. The van der Waals surface area contributed by atoms with Crippen LogP contribution < -0.4 is 0 Å². The van der Waals surface area contributed by atoms with Crippen molar-refractivity contribution in [3.63, 3.8) is 0 Å². The zero-order chi connectivity index (χ0) is 16.4. The third kappa shape index (κ3) is 3.57. The van der Waals surface area contributed by atoms with Crippen molar-refractivity contribution in [1.82, 2.24) is 9.13 Å². The zero-order valence-electron chi connectivity index (χ0n) is 14.2. The molecule has 0 aliphatic heterocycles. The van der Waals surface area contributed by atoms with E-state index in [9.17, 15) is 0 Å². The third-order valence-electron chi connectivity index (χ3n) is 4.92. The van der Waals surface area contributed by atoms with Crippen LogP contribution >= 0.6 is 9.58 Å². The molecule has 1 heterocycles. The van der Waals surface area contributed by atoms with Crippen molar-refractivity contribution in [1.29, 1.82) is 0 Å². The van der Waals surface area contributed by atoms with Crippen molar-refractivity contribution in [2.45, 2.75) is 65.3 Å². The minimum atomic E-state index is -0.636. The first-order valence-electron chi connectivity index (χ1n) is 8.54. The molecular weight excluding hydrogens is 484 g/mol. The average Bonchev–Trinajstić information content (AvgIpc) is 2.73. The fraction of sp³-hybridized carbons (Fsp3) is 0.526. The van der Waals surface area contributed by atoms with Gasteiger partial charge in [0, 0.05) is 0 Å². The molecule has 0 spiro atoms. The monoisotopic (exact) mass is 510 g/mol. The van der Waals surface area contributed by atoms with Crippen LogP contribution in [0.25, 0.3) is 5.69 Å². The maximum absolute atomic E-state index is 6.51. The Kier molecular flexibility index (Phi) is 5.61. The molecule has 2 aromatic rings. The van der Waals surface area contributed by atoms with Gasteiger partial charge in [-0.3, -0.25) is 0 Å². The zero-order valence-corrected chi connectivity index (χ0v) is 17.4. The summed E-state index contributed by atoms with van der Waals surface area (Å²) in [6.45, 7) is 6.59. The number of imidazole rings is 1. The molecular formula is C19H26ClIrN2. The first kappa shape index (κ1) is 17.2. The van der Waals surface area contributed by atoms with E-state index < -0.39 is 16.2 Å². The first-order chi connectivity index (χ1) is 11.1. The van der Waals surface area contributed by atoms with E-state index in [1.807, 2.05) is 0 Å². The van der Waals surface area contributed by atoms with Crippen molar-refractivity contribution in [2.24, 2.45) is 0 Å². The Labute approximate surface area is 151 Å². The second-order valence-corrected chi connectivity index (χ2v) is 9.34. The van der Waals surface area contributed by atoms with E-state index in [1.54, 1.807) is 0 Å². The number of rotatable bonds is 2. The van der Waals surface area contributed by atoms with Crippen LogP contribution in [0.15, 0.2) is 24.5 Å².